The molecule has 0 saturated heterocycles. The molecule has 0 aromatic heterocycles. The van der Waals surface area contributed by atoms with Crippen LogP contribution in [0.5, 0.6) is 0 Å². The number of benzene rings is 3. The second-order valence-electron chi connectivity index (χ2n) is 8.57. The van der Waals surface area contributed by atoms with Crippen molar-refractivity contribution in [2.75, 3.05) is 7.11 Å². The Morgan fingerprint density at radius 3 is 2.31 bits per heavy atom. The second kappa shape index (κ2) is 12.0. The summed E-state index contributed by atoms with van der Waals surface area (Å²) in [6, 6.07) is 23.1. The molecule has 1 aliphatic rings. The van der Waals surface area contributed by atoms with E-state index in [9.17, 15) is 14.4 Å². The molecular formula is C28H27IN2O5. The number of ether oxygens (including phenoxy) is 2. The van der Waals surface area contributed by atoms with Crippen LogP contribution in [0.2, 0.25) is 0 Å². The second-order valence-corrected chi connectivity index (χ2v) is 9.82. The third-order valence-corrected chi connectivity index (χ3v) is 6.87. The van der Waals surface area contributed by atoms with Gasteiger partial charge in [0.15, 0.2) is 0 Å². The van der Waals surface area contributed by atoms with E-state index in [1.807, 2.05) is 78.9 Å². The number of rotatable bonds is 7. The first kappa shape index (κ1) is 25.7. The van der Waals surface area contributed by atoms with E-state index in [1.165, 1.54) is 12.0 Å². The van der Waals surface area contributed by atoms with E-state index in [2.05, 4.69) is 27.9 Å². The number of fused-ring (bicyclic) bond motifs is 1. The topological polar surface area (TPSA) is 84.9 Å². The molecule has 3 aromatic carbocycles. The van der Waals surface area contributed by atoms with Crippen LogP contribution in [0.25, 0.3) is 0 Å². The first-order chi connectivity index (χ1) is 17.4. The van der Waals surface area contributed by atoms with Gasteiger partial charge in [-0.25, -0.2) is 9.59 Å². The molecule has 0 saturated carbocycles. The first-order valence-electron chi connectivity index (χ1n) is 11.6. The Hall–Kier alpha value is -3.40. The lowest BCUT2D eigenvalue weighted by molar-refractivity contribution is -0.145. The Morgan fingerprint density at radius 1 is 0.944 bits per heavy atom. The molecule has 2 amide bonds. The maximum absolute atomic E-state index is 13.5. The van der Waals surface area contributed by atoms with E-state index in [0.29, 0.717) is 6.42 Å². The molecule has 7 nitrogen and oxygen atoms in total. The zero-order chi connectivity index (χ0) is 25.5. The maximum Gasteiger partial charge on any atom is 0.411 e. The average Bonchev–Trinajstić information content (AvgIpc) is 2.91. The Labute approximate surface area is 223 Å². The molecule has 1 N–H and O–H groups in total. The normalized spacial score (nSPS) is 15.4. The molecular weight excluding hydrogens is 571 g/mol. The summed E-state index contributed by atoms with van der Waals surface area (Å²) in [4.78, 5) is 40.6. The van der Waals surface area contributed by atoms with Gasteiger partial charge >= 0.3 is 12.1 Å². The number of hydrogen-bond donors (Lipinski definition) is 1. The molecule has 1 heterocycles. The molecule has 4 rings (SSSR count). The molecule has 0 aliphatic carbocycles. The molecule has 3 aromatic rings. The van der Waals surface area contributed by atoms with Crippen molar-refractivity contribution in [3.05, 3.63) is 105 Å². The molecule has 0 fully saturated rings. The molecule has 0 unspecified atom stereocenters. The number of nitrogens with one attached hydrogen (secondary N) is 1. The van der Waals surface area contributed by atoms with Gasteiger partial charge in [0.1, 0.15) is 18.7 Å². The van der Waals surface area contributed by atoms with Crippen molar-refractivity contribution < 1.29 is 23.9 Å². The zero-order valence-electron chi connectivity index (χ0n) is 19.9. The van der Waals surface area contributed by atoms with Crippen molar-refractivity contribution in [2.24, 2.45) is 0 Å². The Bertz CT molecular complexity index is 1220. The summed E-state index contributed by atoms with van der Waals surface area (Å²) < 4.78 is 11.6. The van der Waals surface area contributed by atoms with Gasteiger partial charge in [0.2, 0.25) is 5.91 Å². The lowest BCUT2D eigenvalue weighted by Gasteiger charge is -2.35. The van der Waals surface area contributed by atoms with E-state index in [-0.39, 0.29) is 19.6 Å². The third kappa shape index (κ3) is 6.42. The van der Waals surface area contributed by atoms with E-state index in [0.717, 1.165) is 25.8 Å². The van der Waals surface area contributed by atoms with Gasteiger partial charge in [0, 0.05) is 16.4 Å². The highest BCUT2D eigenvalue weighted by Crippen LogP contribution is 2.25. The van der Waals surface area contributed by atoms with Gasteiger partial charge in [-0.3, -0.25) is 9.69 Å². The van der Waals surface area contributed by atoms with Gasteiger partial charge in [-0.05, 0) is 57.0 Å². The van der Waals surface area contributed by atoms with Crippen LogP contribution in [0.1, 0.15) is 22.3 Å². The predicted molar refractivity (Wildman–Crippen MR) is 143 cm³/mol. The number of nitrogens with zero attached hydrogens (tertiary/aromatic N) is 1. The number of esters is 1. The van der Waals surface area contributed by atoms with Crippen molar-refractivity contribution >= 4 is 40.6 Å². The van der Waals surface area contributed by atoms with Crippen LogP contribution in [0.15, 0.2) is 78.9 Å². The quantitative estimate of drug-likeness (QED) is 0.325. The van der Waals surface area contributed by atoms with Crippen LogP contribution in [-0.4, -0.2) is 42.1 Å². The molecule has 1 aliphatic heterocycles. The molecule has 2 atom stereocenters. The summed E-state index contributed by atoms with van der Waals surface area (Å²) in [5.41, 5.74) is 3.69. The Morgan fingerprint density at radius 2 is 1.61 bits per heavy atom. The van der Waals surface area contributed by atoms with E-state index < -0.39 is 30.1 Å². The molecule has 8 heteroatoms. The van der Waals surface area contributed by atoms with Crippen molar-refractivity contribution in [1.82, 2.24) is 10.2 Å². The number of carbonyl (C=O) groups excluding carboxylic acids is 3. The predicted octanol–water partition coefficient (Wildman–Crippen LogP) is 4.26. The lowest BCUT2D eigenvalue weighted by Crippen LogP contribution is -2.56. The highest BCUT2D eigenvalue weighted by atomic mass is 127. The van der Waals surface area contributed by atoms with Crippen molar-refractivity contribution in [3.8, 4) is 0 Å². The Balaban J connectivity index is 1.52. The highest BCUT2D eigenvalue weighted by molar-refractivity contribution is 14.1. The van der Waals surface area contributed by atoms with Gasteiger partial charge in [-0.2, -0.15) is 0 Å². The van der Waals surface area contributed by atoms with E-state index in [1.54, 1.807) is 0 Å². The van der Waals surface area contributed by atoms with Crippen molar-refractivity contribution in [1.29, 1.82) is 0 Å². The number of amides is 2. The summed E-state index contributed by atoms with van der Waals surface area (Å²) in [5.74, 6) is -0.974. The fraction of sp³-hybridized carbons (Fsp3) is 0.250. The van der Waals surface area contributed by atoms with Gasteiger partial charge in [-0.1, -0.05) is 66.7 Å². The standard InChI is InChI=1S/C28H27IN2O5/c1-35-27(33)24(15-19-11-13-23(29)14-12-19)30-26(32)25-16-21-9-5-6-10-22(21)17-31(25)28(34)36-18-20-7-3-2-4-8-20/h2-14,24-25H,15-18H2,1H3,(H,30,32)/t24-,25-/m0/s1. The summed E-state index contributed by atoms with van der Waals surface area (Å²) in [5, 5.41) is 2.83. The van der Waals surface area contributed by atoms with Crippen LogP contribution in [0, 0.1) is 3.57 Å². The van der Waals surface area contributed by atoms with Crippen LogP contribution in [-0.2, 0) is 45.1 Å². The monoisotopic (exact) mass is 598 g/mol. The lowest BCUT2D eigenvalue weighted by atomic mass is 9.93. The van der Waals surface area contributed by atoms with Gasteiger partial charge in [0.25, 0.3) is 0 Å². The third-order valence-electron chi connectivity index (χ3n) is 6.15. The minimum Gasteiger partial charge on any atom is -0.467 e. The first-order valence-corrected chi connectivity index (χ1v) is 12.7. The van der Waals surface area contributed by atoms with Crippen LogP contribution in [0.3, 0.4) is 0 Å². The summed E-state index contributed by atoms with van der Waals surface area (Å²) in [6.45, 7) is 0.339. The molecule has 0 radical (unpaired) electrons. The van der Waals surface area contributed by atoms with Gasteiger partial charge < -0.3 is 14.8 Å². The van der Waals surface area contributed by atoms with E-state index >= 15 is 0 Å². The fourth-order valence-corrected chi connectivity index (χ4v) is 4.57. The van der Waals surface area contributed by atoms with Crippen LogP contribution >= 0.6 is 22.6 Å². The highest BCUT2D eigenvalue weighted by Gasteiger charge is 2.37. The minimum atomic E-state index is -0.887. The van der Waals surface area contributed by atoms with Crippen molar-refractivity contribution in [3.63, 3.8) is 0 Å². The van der Waals surface area contributed by atoms with Gasteiger partial charge in [0.05, 0.1) is 13.7 Å². The summed E-state index contributed by atoms with van der Waals surface area (Å²) in [6.07, 6.45) is 0.0116. The maximum atomic E-state index is 13.5. The fourth-order valence-electron chi connectivity index (χ4n) is 4.21. The smallest absolute Gasteiger partial charge is 0.411 e. The summed E-state index contributed by atoms with van der Waals surface area (Å²) >= 11 is 2.21. The number of carbonyl (C=O) groups is 3. The number of methoxy groups -OCH3 is 1. The SMILES string of the molecule is COC(=O)[C@H](Cc1ccc(I)cc1)NC(=O)[C@@H]1Cc2ccccc2CN1C(=O)OCc1ccccc1. The minimum absolute atomic E-state index is 0.101. The summed E-state index contributed by atoms with van der Waals surface area (Å²) in [7, 11) is 1.29. The van der Waals surface area contributed by atoms with Crippen LogP contribution < -0.4 is 5.32 Å². The van der Waals surface area contributed by atoms with E-state index in [4.69, 9.17) is 9.47 Å². The average molecular weight is 598 g/mol. The number of halogens is 1. The largest absolute Gasteiger partial charge is 0.467 e. The van der Waals surface area contributed by atoms with Crippen LogP contribution in [0.4, 0.5) is 4.79 Å². The Kier molecular flexibility index (Phi) is 8.58. The molecule has 0 spiro atoms. The van der Waals surface area contributed by atoms with Crippen molar-refractivity contribution in [2.45, 2.75) is 38.1 Å². The molecule has 0 bridgehead atoms. The van der Waals surface area contributed by atoms with Gasteiger partial charge in [-0.15, -0.1) is 0 Å². The molecule has 36 heavy (non-hydrogen) atoms. The number of hydrogen-bond acceptors (Lipinski definition) is 5. The molecule has 186 valence electrons. The zero-order valence-corrected chi connectivity index (χ0v) is 22.0.